The number of nitrogens with one attached hydrogen (secondary N) is 1. The van der Waals surface area contributed by atoms with Crippen molar-refractivity contribution in [3.05, 3.63) is 71.1 Å². The van der Waals surface area contributed by atoms with Crippen LogP contribution in [-0.2, 0) is 9.53 Å². The van der Waals surface area contributed by atoms with Crippen LogP contribution in [-0.4, -0.2) is 28.6 Å². The van der Waals surface area contributed by atoms with Gasteiger partial charge < -0.3 is 14.5 Å². The lowest BCUT2D eigenvalue weighted by Crippen LogP contribution is -2.31. The van der Waals surface area contributed by atoms with Gasteiger partial charge in [0.05, 0.1) is 0 Å². The van der Waals surface area contributed by atoms with Crippen LogP contribution in [0.15, 0.2) is 59.0 Å². The SMILES string of the molecule is C[C@H](OC(=O)CNC(=O)c1ccc(Cl)cc1)c1nnc(-c2ccccc2)o1. The fraction of sp³-hybridized carbons (Fsp3) is 0.158. The minimum Gasteiger partial charge on any atom is -0.451 e. The molecule has 0 saturated carbocycles. The Morgan fingerprint density at radius 3 is 2.52 bits per heavy atom. The van der Waals surface area contributed by atoms with E-state index in [0.717, 1.165) is 5.56 Å². The van der Waals surface area contributed by atoms with Gasteiger partial charge in [-0.15, -0.1) is 10.2 Å². The molecule has 0 saturated heterocycles. The van der Waals surface area contributed by atoms with Crippen molar-refractivity contribution in [1.82, 2.24) is 15.5 Å². The number of esters is 1. The second-order valence-corrected chi connectivity index (χ2v) is 6.07. The summed E-state index contributed by atoms with van der Waals surface area (Å²) in [7, 11) is 0. The molecule has 1 atom stereocenters. The third kappa shape index (κ3) is 4.92. The highest BCUT2D eigenvalue weighted by Gasteiger charge is 2.19. The number of benzene rings is 2. The van der Waals surface area contributed by atoms with Crippen molar-refractivity contribution < 1.29 is 18.7 Å². The molecule has 0 bridgehead atoms. The molecule has 7 nitrogen and oxygen atoms in total. The van der Waals surface area contributed by atoms with Crippen LogP contribution in [0.3, 0.4) is 0 Å². The molecule has 0 spiro atoms. The number of rotatable bonds is 6. The highest BCUT2D eigenvalue weighted by atomic mass is 35.5. The van der Waals surface area contributed by atoms with E-state index in [1.807, 2.05) is 30.3 Å². The van der Waals surface area contributed by atoms with Crippen LogP contribution in [0.1, 0.15) is 29.3 Å². The zero-order chi connectivity index (χ0) is 19.2. The zero-order valence-electron chi connectivity index (χ0n) is 14.4. The molecule has 0 fully saturated rings. The van der Waals surface area contributed by atoms with Crippen LogP contribution in [0, 0.1) is 0 Å². The molecular weight excluding hydrogens is 370 g/mol. The standard InChI is InChI=1S/C19H16ClN3O4/c1-12(18-22-23-19(27-18)14-5-3-2-4-6-14)26-16(24)11-21-17(25)13-7-9-15(20)10-8-13/h2-10,12H,11H2,1H3,(H,21,25)/t12-/m0/s1. The van der Waals surface area contributed by atoms with Crippen LogP contribution in [0.2, 0.25) is 5.02 Å². The smallest absolute Gasteiger partial charge is 0.326 e. The van der Waals surface area contributed by atoms with Gasteiger partial charge in [-0.05, 0) is 43.3 Å². The molecule has 3 rings (SSSR count). The lowest BCUT2D eigenvalue weighted by Gasteiger charge is -2.10. The van der Waals surface area contributed by atoms with Crippen LogP contribution < -0.4 is 5.32 Å². The number of carbonyl (C=O) groups is 2. The number of halogens is 1. The Balaban J connectivity index is 1.52. The summed E-state index contributed by atoms with van der Waals surface area (Å²) < 4.78 is 10.8. The van der Waals surface area contributed by atoms with Gasteiger partial charge in [0.1, 0.15) is 6.54 Å². The average molecular weight is 386 g/mol. The molecule has 3 aromatic rings. The highest BCUT2D eigenvalue weighted by molar-refractivity contribution is 6.30. The van der Waals surface area contributed by atoms with Crippen LogP contribution in [0.4, 0.5) is 0 Å². The molecule has 138 valence electrons. The zero-order valence-corrected chi connectivity index (χ0v) is 15.1. The van der Waals surface area contributed by atoms with Gasteiger partial charge in [-0.25, -0.2) is 0 Å². The number of carbonyl (C=O) groups excluding carboxylic acids is 2. The second-order valence-electron chi connectivity index (χ2n) is 5.63. The number of hydrogen-bond donors (Lipinski definition) is 1. The minimum absolute atomic E-state index is 0.172. The van der Waals surface area contributed by atoms with E-state index in [1.54, 1.807) is 31.2 Å². The summed E-state index contributed by atoms with van der Waals surface area (Å²) in [6.45, 7) is 1.33. The van der Waals surface area contributed by atoms with E-state index < -0.39 is 18.0 Å². The Morgan fingerprint density at radius 2 is 1.81 bits per heavy atom. The first-order chi connectivity index (χ1) is 13.0. The van der Waals surface area contributed by atoms with Gasteiger partial charge in [0.15, 0.2) is 6.10 Å². The van der Waals surface area contributed by atoms with Crippen molar-refractivity contribution in [1.29, 1.82) is 0 Å². The second kappa shape index (κ2) is 8.46. The third-order valence-corrected chi connectivity index (χ3v) is 3.87. The van der Waals surface area contributed by atoms with E-state index in [2.05, 4.69) is 15.5 Å². The molecule has 0 aliphatic carbocycles. The summed E-state index contributed by atoms with van der Waals surface area (Å²) in [6.07, 6.45) is -0.741. The Hall–Kier alpha value is -3.19. The summed E-state index contributed by atoms with van der Waals surface area (Å²) in [5, 5.41) is 10.9. The number of amides is 1. The van der Waals surface area contributed by atoms with E-state index in [1.165, 1.54) is 0 Å². The van der Waals surface area contributed by atoms with Crippen molar-refractivity contribution in [2.75, 3.05) is 6.54 Å². The van der Waals surface area contributed by atoms with Gasteiger partial charge in [-0.3, -0.25) is 9.59 Å². The van der Waals surface area contributed by atoms with Crippen molar-refractivity contribution in [2.24, 2.45) is 0 Å². The maximum Gasteiger partial charge on any atom is 0.326 e. The van der Waals surface area contributed by atoms with Gasteiger partial charge >= 0.3 is 5.97 Å². The first kappa shape index (κ1) is 18.6. The highest BCUT2D eigenvalue weighted by Crippen LogP contribution is 2.21. The molecule has 8 heteroatoms. The summed E-state index contributed by atoms with van der Waals surface area (Å²) in [5.74, 6) is -0.513. The monoisotopic (exact) mass is 385 g/mol. The molecular formula is C19H16ClN3O4. The molecule has 1 aromatic heterocycles. The summed E-state index contributed by atoms with van der Waals surface area (Å²) >= 11 is 5.77. The van der Waals surface area contributed by atoms with Crippen LogP contribution in [0.25, 0.3) is 11.5 Å². The van der Waals surface area contributed by atoms with Crippen molar-refractivity contribution in [3.8, 4) is 11.5 Å². The molecule has 0 unspecified atom stereocenters. The molecule has 2 aromatic carbocycles. The van der Waals surface area contributed by atoms with E-state index >= 15 is 0 Å². The third-order valence-electron chi connectivity index (χ3n) is 3.62. The molecule has 1 amide bonds. The molecule has 1 N–H and O–H groups in total. The van der Waals surface area contributed by atoms with Gasteiger partial charge in [0, 0.05) is 16.1 Å². The fourth-order valence-electron chi connectivity index (χ4n) is 2.24. The number of ether oxygens (including phenoxy) is 1. The van der Waals surface area contributed by atoms with E-state index in [-0.39, 0.29) is 12.4 Å². The summed E-state index contributed by atoms with van der Waals surface area (Å²) in [6, 6.07) is 15.6. The average Bonchev–Trinajstić information content (AvgIpc) is 3.18. The van der Waals surface area contributed by atoms with Crippen molar-refractivity contribution in [3.63, 3.8) is 0 Å². The number of aromatic nitrogens is 2. The minimum atomic E-state index is -0.741. The van der Waals surface area contributed by atoms with E-state index in [4.69, 9.17) is 20.8 Å². The number of nitrogens with zero attached hydrogens (tertiary/aromatic N) is 2. The number of hydrogen-bond acceptors (Lipinski definition) is 6. The Bertz CT molecular complexity index is 926. The van der Waals surface area contributed by atoms with Crippen LogP contribution >= 0.6 is 11.6 Å². The first-order valence-electron chi connectivity index (χ1n) is 8.15. The molecule has 1 heterocycles. The Labute approximate surface area is 160 Å². The van der Waals surface area contributed by atoms with Crippen LogP contribution in [0.5, 0.6) is 0 Å². The van der Waals surface area contributed by atoms with Gasteiger partial charge in [-0.1, -0.05) is 29.8 Å². The summed E-state index contributed by atoms with van der Waals surface area (Å²) in [4.78, 5) is 23.9. The molecule has 0 aliphatic heterocycles. The quantitative estimate of drug-likeness (QED) is 0.653. The first-order valence-corrected chi connectivity index (χ1v) is 8.53. The van der Waals surface area contributed by atoms with E-state index in [0.29, 0.717) is 16.5 Å². The predicted molar refractivity (Wildman–Crippen MR) is 98.0 cm³/mol. The Kier molecular flexibility index (Phi) is 5.83. The lowest BCUT2D eigenvalue weighted by atomic mass is 10.2. The van der Waals surface area contributed by atoms with Crippen molar-refractivity contribution >= 4 is 23.5 Å². The van der Waals surface area contributed by atoms with E-state index in [9.17, 15) is 9.59 Å². The topological polar surface area (TPSA) is 94.3 Å². The lowest BCUT2D eigenvalue weighted by molar-refractivity contribution is -0.148. The molecule has 0 aliphatic rings. The summed E-state index contributed by atoms with van der Waals surface area (Å²) in [5.41, 5.74) is 1.16. The fourth-order valence-corrected chi connectivity index (χ4v) is 2.37. The molecule has 27 heavy (non-hydrogen) atoms. The molecule has 0 radical (unpaired) electrons. The maximum atomic E-state index is 12.0. The Morgan fingerprint density at radius 1 is 1.11 bits per heavy atom. The normalized spacial score (nSPS) is 11.6. The van der Waals surface area contributed by atoms with Gasteiger partial charge in [0.2, 0.25) is 5.89 Å². The largest absolute Gasteiger partial charge is 0.451 e. The van der Waals surface area contributed by atoms with Gasteiger partial charge in [-0.2, -0.15) is 0 Å². The maximum absolute atomic E-state index is 12.0. The predicted octanol–water partition coefficient (Wildman–Crippen LogP) is 3.42. The van der Waals surface area contributed by atoms with Crippen molar-refractivity contribution in [2.45, 2.75) is 13.0 Å². The van der Waals surface area contributed by atoms with Gasteiger partial charge in [0.25, 0.3) is 11.8 Å².